The van der Waals surface area contributed by atoms with Gasteiger partial charge in [-0.1, -0.05) is 30.4 Å². The van der Waals surface area contributed by atoms with Gasteiger partial charge in [-0.3, -0.25) is 9.42 Å². The summed E-state index contributed by atoms with van der Waals surface area (Å²) < 4.78 is 21.2. The predicted octanol–water partition coefficient (Wildman–Crippen LogP) is 3.10. The highest BCUT2D eigenvalue weighted by atomic mass is 31.2. The average molecular weight is 254 g/mol. The van der Waals surface area contributed by atoms with Crippen LogP contribution in [0.25, 0.3) is 0 Å². The summed E-state index contributed by atoms with van der Waals surface area (Å²) in [5, 5.41) is 0. The molecule has 0 amide bonds. The van der Waals surface area contributed by atoms with E-state index >= 15 is 0 Å². The quantitative estimate of drug-likeness (QED) is 0.600. The Morgan fingerprint density at radius 3 is 2.65 bits per heavy atom. The molecule has 1 rings (SSSR count). The largest absolute Gasteiger partial charge is 0.527 e. The Labute approximate surface area is 101 Å². The Balaban J connectivity index is 2.82. The molecular formula is C12H15O4P. The molecule has 0 aliphatic carbocycles. The first-order valence-electron chi connectivity index (χ1n) is 5.05. The van der Waals surface area contributed by atoms with Gasteiger partial charge in [-0.15, -0.1) is 13.2 Å². The highest BCUT2D eigenvalue weighted by Gasteiger charge is 2.23. The van der Waals surface area contributed by atoms with E-state index in [1.54, 1.807) is 24.3 Å². The number of phosphoric ester groups is 1. The lowest BCUT2D eigenvalue weighted by atomic mass is 10.1. The Morgan fingerprint density at radius 1 is 1.29 bits per heavy atom. The van der Waals surface area contributed by atoms with Crippen molar-refractivity contribution in [3.63, 3.8) is 0 Å². The minimum absolute atomic E-state index is 0.0442. The van der Waals surface area contributed by atoms with Crippen molar-refractivity contribution in [3.05, 3.63) is 55.1 Å². The topological polar surface area (TPSA) is 55.8 Å². The maximum absolute atomic E-state index is 11.5. The Hall–Kier alpha value is -1.35. The average Bonchev–Trinajstić information content (AvgIpc) is 2.29. The number of phosphoric acid groups is 1. The fourth-order valence-corrected chi connectivity index (χ4v) is 1.99. The van der Waals surface area contributed by atoms with Gasteiger partial charge < -0.3 is 4.52 Å². The van der Waals surface area contributed by atoms with Gasteiger partial charge >= 0.3 is 7.82 Å². The fourth-order valence-electron chi connectivity index (χ4n) is 1.21. The SMILES string of the molecule is C=CCOP(=O)(O)Oc1ccccc1CC=C. The summed E-state index contributed by atoms with van der Waals surface area (Å²) in [6.07, 6.45) is 3.62. The van der Waals surface area contributed by atoms with E-state index in [9.17, 15) is 9.46 Å². The second-order valence-corrected chi connectivity index (χ2v) is 4.62. The molecule has 92 valence electrons. The van der Waals surface area contributed by atoms with Crippen LogP contribution < -0.4 is 4.52 Å². The summed E-state index contributed by atoms with van der Waals surface area (Å²) in [5.74, 6) is 0.322. The van der Waals surface area contributed by atoms with Crippen LogP contribution in [-0.4, -0.2) is 11.5 Å². The zero-order valence-electron chi connectivity index (χ0n) is 9.41. The van der Waals surface area contributed by atoms with Crippen molar-refractivity contribution in [1.82, 2.24) is 0 Å². The zero-order valence-corrected chi connectivity index (χ0v) is 10.3. The molecule has 0 fully saturated rings. The molecule has 0 saturated carbocycles. The lowest BCUT2D eigenvalue weighted by Crippen LogP contribution is -1.99. The molecule has 0 heterocycles. The van der Waals surface area contributed by atoms with Gasteiger partial charge in [0.15, 0.2) is 0 Å². The number of hydrogen-bond donors (Lipinski definition) is 1. The number of benzene rings is 1. The van der Waals surface area contributed by atoms with Crippen LogP contribution >= 0.6 is 7.82 Å². The molecule has 0 spiro atoms. The normalized spacial score (nSPS) is 13.7. The second-order valence-electron chi connectivity index (χ2n) is 3.24. The van der Waals surface area contributed by atoms with Gasteiger partial charge in [-0.05, 0) is 18.1 Å². The maximum atomic E-state index is 11.5. The van der Waals surface area contributed by atoms with Crippen LogP contribution in [-0.2, 0) is 15.5 Å². The fraction of sp³-hybridized carbons (Fsp3) is 0.167. The van der Waals surface area contributed by atoms with Crippen molar-refractivity contribution >= 4 is 7.82 Å². The molecule has 0 aliphatic heterocycles. The molecule has 1 aromatic rings. The molecule has 4 nitrogen and oxygen atoms in total. The molecule has 0 aromatic heterocycles. The van der Waals surface area contributed by atoms with Gasteiger partial charge in [-0.2, -0.15) is 0 Å². The maximum Gasteiger partial charge on any atom is 0.527 e. The van der Waals surface area contributed by atoms with Crippen molar-refractivity contribution in [2.24, 2.45) is 0 Å². The molecule has 0 radical (unpaired) electrons. The van der Waals surface area contributed by atoms with E-state index in [0.717, 1.165) is 5.56 Å². The van der Waals surface area contributed by atoms with E-state index in [4.69, 9.17) is 4.52 Å². The third kappa shape index (κ3) is 4.57. The van der Waals surface area contributed by atoms with E-state index in [1.165, 1.54) is 6.08 Å². The van der Waals surface area contributed by atoms with Crippen molar-refractivity contribution in [3.8, 4) is 5.75 Å². The number of allylic oxidation sites excluding steroid dienone is 1. The monoisotopic (exact) mass is 254 g/mol. The second kappa shape index (κ2) is 6.40. The number of hydrogen-bond acceptors (Lipinski definition) is 3. The van der Waals surface area contributed by atoms with E-state index in [0.29, 0.717) is 12.2 Å². The summed E-state index contributed by atoms with van der Waals surface area (Å²) in [6, 6.07) is 6.94. The Morgan fingerprint density at radius 2 is 2.00 bits per heavy atom. The Kier molecular flexibility index (Phi) is 5.16. The number of rotatable bonds is 7. The summed E-state index contributed by atoms with van der Waals surface area (Å²) >= 11 is 0. The number of para-hydroxylation sites is 1. The van der Waals surface area contributed by atoms with Crippen molar-refractivity contribution in [2.45, 2.75) is 6.42 Å². The van der Waals surface area contributed by atoms with Gasteiger partial charge in [0.1, 0.15) is 5.75 Å². The first kappa shape index (κ1) is 13.7. The van der Waals surface area contributed by atoms with Crippen LogP contribution in [0.5, 0.6) is 5.75 Å². The summed E-state index contributed by atoms with van der Waals surface area (Å²) in [7, 11) is -4.09. The minimum Gasteiger partial charge on any atom is -0.404 e. The van der Waals surface area contributed by atoms with Gasteiger partial charge in [0.2, 0.25) is 0 Å². The van der Waals surface area contributed by atoms with E-state index in [2.05, 4.69) is 17.7 Å². The highest BCUT2D eigenvalue weighted by Crippen LogP contribution is 2.44. The van der Waals surface area contributed by atoms with Crippen LogP contribution in [0.1, 0.15) is 5.56 Å². The summed E-state index contributed by atoms with van der Waals surface area (Å²) in [5.41, 5.74) is 0.777. The van der Waals surface area contributed by atoms with Gasteiger partial charge in [0.25, 0.3) is 0 Å². The molecule has 17 heavy (non-hydrogen) atoms. The third-order valence-electron chi connectivity index (χ3n) is 1.91. The minimum atomic E-state index is -4.09. The molecular weight excluding hydrogens is 239 g/mol. The van der Waals surface area contributed by atoms with Crippen molar-refractivity contribution < 1.29 is 18.5 Å². The zero-order chi connectivity index (χ0) is 12.7. The van der Waals surface area contributed by atoms with Crippen molar-refractivity contribution in [2.75, 3.05) is 6.61 Å². The smallest absolute Gasteiger partial charge is 0.404 e. The van der Waals surface area contributed by atoms with Gasteiger partial charge in [0, 0.05) is 0 Å². The molecule has 0 saturated heterocycles. The van der Waals surface area contributed by atoms with Crippen LogP contribution in [0.3, 0.4) is 0 Å². The van der Waals surface area contributed by atoms with Crippen molar-refractivity contribution in [1.29, 1.82) is 0 Å². The molecule has 5 heteroatoms. The highest BCUT2D eigenvalue weighted by molar-refractivity contribution is 7.47. The van der Waals surface area contributed by atoms with Crippen LogP contribution in [0.15, 0.2) is 49.6 Å². The molecule has 0 bridgehead atoms. The van der Waals surface area contributed by atoms with E-state index in [-0.39, 0.29) is 6.61 Å². The van der Waals surface area contributed by atoms with Gasteiger partial charge in [-0.25, -0.2) is 4.57 Å². The van der Waals surface area contributed by atoms with Crippen LogP contribution in [0.2, 0.25) is 0 Å². The first-order valence-corrected chi connectivity index (χ1v) is 6.55. The first-order chi connectivity index (χ1) is 8.09. The van der Waals surface area contributed by atoms with E-state index in [1.807, 2.05) is 6.07 Å². The molecule has 1 aromatic carbocycles. The summed E-state index contributed by atoms with van der Waals surface area (Å²) in [6.45, 7) is 6.96. The molecule has 1 unspecified atom stereocenters. The van der Waals surface area contributed by atoms with Crippen LogP contribution in [0, 0.1) is 0 Å². The van der Waals surface area contributed by atoms with Gasteiger partial charge in [0.05, 0.1) is 6.61 Å². The lowest BCUT2D eigenvalue weighted by Gasteiger charge is -2.14. The lowest BCUT2D eigenvalue weighted by molar-refractivity contribution is 0.222. The Bertz CT molecular complexity index is 442. The molecule has 1 atom stereocenters. The van der Waals surface area contributed by atoms with E-state index < -0.39 is 7.82 Å². The standard InChI is InChI=1S/C12H15O4P/c1-3-7-11-8-5-6-9-12(11)16-17(13,14)15-10-4-2/h3-6,8-9H,1-2,7,10H2,(H,13,14). The van der Waals surface area contributed by atoms with Crippen LogP contribution in [0.4, 0.5) is 0 Å². The third-order valence-corrected chi connectivity index (χ3v) is 2.81. The molecule has 0 aliphatic rings. The summed E-state index contributed by atoms with van der Waals surface area (Å²) in [4.78, 5) is 9.43. The molecule has 1 N–H and O–H groups in total. The predicted molar refractivity (Wildman–Crippen MR) is 66.9 cm³/mol.